The zero-order chi connectivity index (χ0) is 18.9. The van der Waals surface area contributed by atoms with Gasteiger partial charge in [0.05, 0.1) is 17.6 Å². The molecule has 1 aromatic carbocycles. The van der Waals surface area contributed by atoms with E-state index in [-0.39, 0.29) is 17.1 Å². The molecule has 2 aromatic rings. The van der Waals surface area contributed by atoms with Gasteiger partial charge >= 0.3 is 0 Å². The second-order valence-electron chi connectivity index (χ2n) is 7.55. The van der Waals surface area contributed by atoms with E-state index >= 15 is 0 Å². The standard InChI is InChI=1S/C20H26N4O3/c1-2-9-23-12-13-27-20(14-23)7-10-24(11-8-20)19(26)17-15-5-3-4-6-16(15)18(25)22-21-17/h3-6H,2,7-14H2,1H3,(H,22,25). The number of amides is 1. The van der Waals surface area contributed by atoms with Crippen LogP contribution in [0.3, 0.4) is 0 Å². The third kappa shape index (κ3) is 3.49. The molecule has 2 saturated heterocycles. The smallest absolute Gasteiger partial charge is 0.274 e. The number of benzene rings is 1. The summed E-state index contributed by atoms with van der Waals surface area (Å²) in [7, 11) is 0. The Morgan fingerprint density at radius 3 is 2.70 bits per heavy atom. The molecule has 0 saturated carbocycles. The first-order chi connectivity index (χ1) is 13.1. The lowest BCUT2D eigenvalue weighted by molar-refractivity contribution is -0.132. The van der Waals surface area contributed by atoms with Gasteiger partial charge in [-0.05, 0) is 31.9 Å². The van der Waals surface area contributed by atoms with Crippen molar-refractivity contribution in [3.05, 3.63) is 40.3 Å². The summed E-state index contributed by atoms with van der Waals surface area (Å²) in [5.41, 5.74) is -0.0882. The summed E-state index contributed by atoms with van der Waals surface area (Å²) in [5, 5.41) is 7.61. The van der Waals surface area contributed by atoms with E-state index in [1.54, 1.807) is 18.2 Å². The van der Waals surface area contributed by atoms with Crippen molar-refractivity contribution in [3.8, 4) is 0 Å². The Morgan fingerprint density at radius 1 is 1.22 bits per heavy atom. The van der Waals surface area contributed by atoms with Gasteiger partial charge in [0.15, 0.2) is 5.69 Å². The minimum atomic E-state index is -0.272. The summed E-state index contributed by atoms with van der Waals surface area (Å²) in [4.78, 5) is 29.3. The van der Waals surface area contributed by atoms with Crippen molar-refractivity contribution in [3.63, 3.8) is 0 Å². The van der Waals surface area contributed by atoms with E-state index in [4.69, 9.17) is 4.74 Å². The number of aromatic nitrogens is 2. The molecule has 2 aliphatic rings. The first-order valence-corrected chi connectivity index (χ1v) is 9.75. The Hall–Kier alpha value is -2.25. The van der Waals surface area contributed by atoms with Crippen LogP contribution in [-0.2, 0) is 4.74 Å². The first kappa shape index (κ1) is 18.1. The lowest BCUT2D eigenvalue weighted by Crippen LogP contribution is -2.57. The van der Waals surface area contributed by atoms with E-state index in [1.807, 2.05) is 11.0 Å². The highest BCUT2D eigenvalue weighted by molar-refractivity contribution is 6.04. The van der Waals surface area contributed by atoms with Gasteiger partial charge in [0.25, 0.3) is 11.5 Å². The fraction of sp³-hybridized carbons (Fsp3) is 0.550. The molecule has 0 aliphatic carbocycles. The number of H-pyrrole nitrogens is 1. The maximum atomic E-state index is 13.1. The van der Waals surface area contributed by atoms with Gasteiger partial charge in [0, 0.05) is 31.6 Å². The van der Waals surface area contributed by atoms with Crippen LogP contribution in [-0.4, -0.2) is 70.8 Å². The Balaban J connectivity index is 1.50. The molecule has 144 valence electrons. The van der Waals surface area contributed by atoms with Crippen LogP contribution in [0.2, 0.25) is 0 Å². The van der Waals surface area contributed by atoms with Crippen LogP contribution in [0, 0.1) is 0 Å². The molecule has 4 rings (SSSR count). The number of fused-ring (bicyclic) bond motifs is 1. The van der Waals surface area contributed by atoms with Gasteiger partial charge < -0.3 is 9.64 Å². The SMILES string of the molecule is CCCN1CCOC2(CCN(C(=O)c3n[nH]c(=O)c4ccccc34)CC2)C1. The summed E-state index contributed by atoms with van der Waals surface area (Å²) in [5.74, 6) is -0.126. The summed E-state index contributed by atoms with van der Waals surface area (Å²) in [6.45, 7) is 7.29. The average Bonchev–Trinajstić information content (AvgIpc) is 2.69. The Labute approximate surface area is 158 Å². The number of morpholine rings is 1. The van der Waals surface area contributed by atoms with Gasteiger partial charge in [0.1, 0.15) is 0 Å². The van der Waals surface area contributed by atoms with Crippen molar-refractivity contribution in [1.29, 1.82) is 0 Å². The summed E-state index contributed by atoms with van der Waals surface area (Å²) < 4.78 is 6.16. The highest BCUT2D eigenvalue weighted by atomic mass is 16.5. The maximum Gasteiger partial charge on any atom is 0.274 e. The Bertz CT molecular complexity index is 884. The van der Waals surface area contributed by atoms with Crippen molar-refractivity contribution in [2.45, 2.75) is 31.8 Å². The molecule has 3 heterocycles. The third-order valence-corrected chi connectivity index (χ3v) is 5.73. The molecule has 0 bridgehead atoms. The molecule has 1 aromatic heterocycles. The van der Waals surface area contributed by atoms with Crippen molar-refractivity contribution in [2.75, 3.05) is 39.3 Å². The first-order valence-electron chi connectivity index (χ1n) is 9.75. The number of piperidine rings is 1. The van der Waals surface area contributed by atoms with E-state index < -0.39 is 0 Å². The monoisotopic (exact) mass is 370 g/mol. The number of carbonyl (C=O) groups excluding carboxylic acids is 1. The number of ether oxygens (including phenoxy) is 1. The second-order valence-corrected chi connectivity index (χ2v) is 7.55. The molecular formula is C20H26N4O3. The predicted molar refractivity (Wildman–Crippen MR) is 103 cm³/mol. The van der Waals surface area contributed by atoms with E-state index in [0.29, 0.717) is 29.6 Å². The zero-order valence-corrected chi connectivity index (χ0v) is 15.7. The Morgan fingerprint density at radius 2 is 1.96 bits per heavy atom. The summed E-state index contributed by atoms with van der Waals surface area (Å²) in [6, 6.07) is 7.11. The molecule has 7 heteroatoms. The third-order valence-electron chi connectivity index (χ3n) is 5.73. The summed E-state index contributed by atoms with van der Waals surface area (Å²) >= 11 is 0. The molecule has 1 N–H and O–H groups in total. The van der Waals surface area contributed by atoms with Crippen LogP contribution in [0.1, 0.15) is 36.7 Å². The van der Waals surface area contributed by atoms with Crippen LogP contribution in [0.4, 0.5) is 0 Å². The quantitative estimate of drug-likeness (QED) is 0.889. The van der Waals surface area contributed by atoms with E-state index in [1.165, 1.54) is 0 Å². The van der Waals surface area contributed by atoms with Gasteiger partial charge in [-0.3, -0.25) is 14.5 Å². The normalized spacial score (nSPS) is 20.3. The van der Waals surface area contributed by atoms with Crippen molar-refractivity contribution in [2.24, 2.45) is 0 Å². The van der Waals surface area contributed by atoms with E-state index in [2.05, 4.69) is 22.0 Å². The van der Waals surface area contributed by atoms with Crippen LogP contribution in [0.25, 0.3) is 10.8 Å². The predicted octanol–water partition coefficient (Wildman–Crippen LogP) is 1.64. The van der Waals surface area contributed by atoms with E-state index in [9.17, 15) is 9.59 Å². The minimum Gasteiger partial charge on any atom is -0.372 e. The van der Waals surface area contributed by atoms with E-state index in [0.717, 1.165) is 45.5 Å². The van der Waals surface area contributed by atoms with Gasteiger partial charge in [0.2, 0.25) is 0 Å². The molecule has 0 atom stereocenters. The number of hydrogen-bond donors (Lipinski definition) is 1. The Kier molecular flexibility index (Phi) is 4.97. The highest BCUT2D eigenvalue weighted by Crippen LogP contribution is 2.31. The van der Waals surface area contributed by atoms with Crippen molar-refractivity contribution >= 4 is 16.7 Å². The number of carbonyl (C=O) groups is 1. The number of nitrogens with one attached hydrogen (secondary N) is 1. The van der Waals surface area contributed by atoms with Crippen LogP contribution < -0.4 is 5.56 Å². The van der Waals surface area contributed by atoms with Crippen molar-refractivity contribution < 1.29 is 9.53 Å². The fourth-order valence-corrected chi connectivity index (χ4v) is 4.28. The largest absolute Gasteiger partial charge is 0.372 e. The number of aromatic amines is 1. The topological polar surface area (TPSA) is 78.5 Å². The minimum absolute atomic E-state index is 0.126. The second kappa shape index (κ2) is 7.40. The zero-order valence-electron chi connectivity index (χ0n) is 15.7. The van der Waals surface area contributed by atoms with Gasteiger partial charge in [-0.15, -0.1) is 0 Å². The lowest BCUT2D eigenvalue weighted by Gasteiger charge is -2.47. The molecule has 2 aliphatic heterocycles. The molecule has 2 fully saturated rings. The molecule has 27 heavy (non-hydrogen) atoms. The number of nitrogens with zero attached hydrogens (tertiary/aromatic N) is 3. The number of likely N-dealkylation sites (tertiary alicyclic amines) is 1. The van der Waals surface area contributed by atoms with Crippen LogP contribution in [0.15, 0.2) is 29.1 Å². The average molecular weight is 370 g/mol. The summed E-state index contributed by atoms with van der Waals surface area (Å²) in [6.07, 6.45) is 2.81. The molecule has 1 amide bonds. The van der Waals surface area contributed by atoms with Crippen molar-refractivity contribution in [1.82, 2.24) is 20.0 Å². The molecule has 0 radical (unpaired) electrons. The van der Waals surface area contributed by atoms with Gasteiger partial charge in [-0.2, -0.15) is 5.10 Å². The number of rotatable bonds is 3. The fourth-order valence-electron chi connectivity index (χ4n) is 4.28. The lowest BCUT2D eigenvalue weighted by atomic mass is 9.89. The molecule has 7 nitrogen and oxygen atoms in total. The number of hydrogen-bond acceptors (Lipinski definition) is 5. The molecule has 0 unspecified atom stereocenters. The van der Waals surface area contributed by atoms with Crippen LogP contribution >= 0.6 is 0 Å². The van der Waals surface area contributed by atoms with Gasteiger partial charge in [-0.1, -0.05) is 25.1 Å². The van der Waals surface area contributed by atoms with Crippen LogP contribution in [0.5, 0.6) is 0 Å². The van der Waals surface area contributed by atoms with Gasteiger partial charge in [-0.25, -0.2) is 5.10 Å². The highest BCUT2D eigenvalue weighted by Gasteiger charge is 2.40. The molecule has 1 spiro atoms. The maximum absolute atomic E-state index is 13.1. The molecular weight excluding hydrogens is 344 g/mol.